The van der Waals surface area contributed by atoms with Gasteiger partial charge in [-0.1, -0.05) is 49.7 Å². The number of hydrogen-bond donors (Lipinski definition) is 1. The highest BCUT2D eigenvalue weighted by molar-refractivity contribution is 6.30. The highest BCUT2D eigenvalue weighted by Gasteiger charge is 2.22. The molecule has 0 fully saturated rings. The minimum absolute atomic E-state index is 0.00161. The third kappa shape index (κ3) is 5.04. The van der Waals surface area contributed by atoms with Crippen LogP contribution in [0.3, 0.4) is 0 Å². The first-order chi connectivity index (χ1) is 13.1. The van der Waals surface area contributed by atoms with Crippen LogP contribution in [0, 0.1) is 0 Å². The second kappa shape index (κ2) is 9.27. The maximum atomic E-state index is 12.8. The highest BCUT2D eigenvalue weighted by Crippen LogP contribution is 2.26. The van der Waals surface area contributed by atoms with Crippen molar-refractivity contribution in [3.63, 3.8) is 0 Å². The number of carbonyl (C=O) groups is 1. The van der Waals surface area contributed by atoms with Gasteiger partial charge in [0.2, 0.25) is 0 Å². The molecular weight excluding hydrogens is 358 g/mol. The summed E-state index contributed by atoms with van der Waals surface area (Å²) in [5.41, 5.74) is 4.08. The lowest BCUT2D eigenvalue weighted by Gasteiger charge is -2.24. The van der Waals surface area contributed by atoms with Crippen molar-refractivity contribution in [2.45, 2.75) is 64.5 Å². The zero-order chi connectivity index (χ0) is 19.2. The Kier molecular flexibility index (Phi) is 6.78. The summed E-state index contributed by atoms with van der Waals surface area (Å²) in [6.07, 6.45) is 5.75. The lowest BCUT2D eigenvalue weighted by molar-refractivity contribution is -0.128. The van der Waals surface area contributed by atoms with Crippen molar-refractivity contribution in [2.24, 2.45) is 0 Å². The maximum Gasteiger partial charge on any atom is 0.261 e. The normalized spacial score (nSPS) is 15.5. The number of carbonyl (C=O) groups excluding carboxylic acids is 1. The molecule has 3 nitrogen and oxygen atoms in total. The van der Waals surface area contributed by atoms with Gasteiger partial charge in [0.05, 0.1) is 6.04 Å². The molecule has 3 rings (SSSR count). The van der Waals surface area contributed by atoms with E-state index < -0.39 is 6.10 Å². The summed E-state index contributed by atoms with van der Waals surface area (Å²) in [7, 11) is 0. The molecule has 0 saturated heterocycles. The molecule has 4 heteroatoms. The molecule has 0 heterocycles. The molecule has 1 aliphatic rings. The second-order valence-corrected chi connectivity index (χ2v) is 7.61. The zero-order valence-corrected chi connectivity index (χ0v) is 16.9. The lowest BCUT2D eigenvalue weighted by atomic mass is 9.88. The quantitative estimate of drug-likeness (QED) is 0.669. The Labute approximate surface area is 167 Å². The van der Waals surface area contributed by atoms with Gasteiger partial charge in [-0.2, -0.15) is 0 Å². The van der Waals surface area contributed by atoms with Crippen LogP contribution >= 0.6 is 11.6 Å². The number of rotatable bonds is 7. The van der Waals surface area contributed by atoms with E-state index in [4.69, 9.17) is 16.3 Å². The number of halogens is 1. The average Bonchev–Trinajstić information content (AvgIpc) is 2.69. The first-order valence-corrected chi connectivity index (χ1v) is 10.3. The fourth-order valence-electron chi connectivity index (χ4n) is 3.68. The van der Waals surface area contributed by atoms with Crippen molar-refractivity contribution in [1.82, 2.24) is 5.32 Å². The van der Waals surface area contributed by atoms with E-state index >= 15 is 0 Å². The average molecular weight is 386 g/mol. The van der Waals surface area contributed by atoms with Crippen molar-refractivity contribution in [1.29, 1.82) is 0 Å². The predicted octanol–water partition coefficient (Wildman–Crippen LogP) is 5.64. The molecule has 0 radical (unpaired) electrons. The number of nitrogens with one attached hydrogen (secondary N) is 1. The summed E-state index contributed by atoms with van der Waals surface area (Å²) in [4.78, 5) is 12.8. The largest absolute Gasteiger partial charge is 0.481 e. The van der Waals surface area contributed by atoms with Crippen LogP contribution in [0.25, 0.3) is 0 Å². The van der Waals surface area contributed by atoms with Gasteiger partial charge < -0.3 is 10.1 Å². The Balaban J connectivity index is 1.69. The van der Waals surface area contributed by atoms with E-state index in [9.17, 15) is 4.79 Å². The molecule has 2 aromatic rings. The van der Waals surface area contributed by atoms with Gasteiger partial charge >= 0.3 is 0 Å². The van der Waals surface area contributed by atoms with E-state index in [2.05, 4.69) is 30.4 Å². The van der Waals surface area contributed by atoms with E-state index in [-0.39, 0.29) is 11.9 Å². The molecule has 0 aliphatic heterocycles. The smallest absolute Gasteiger partial charge is 0.261 e. The van der Waals surface area contributed by atoms with Crippen molar-refractivity contribution >= 4 is 17.5 Å². The van der Waals surface area contributed by atoms with Gasteiger partial charge in [-0.25, -0.2) is 0 Å². The van der Waals surface area contributed by atoms with E-state index in [1.807, 2.05) is 19.1 Å². The van der Waals surface area contributed by atoms with Gasteiger partial charge in [-0.3, -0.25) is 4.79 Å². The topological polar surface area (TPSA) is 38.3 Å². The minimum Gasteiger partial charge on any atom is -0.481 e. The molecular formula is C23H28ClNO2. The number of amides is 1. The summed E-state index contributed by atoms with van der Waals surface area (Å²) >= 11 is 6.02. The fraction of sp³-hybridized carbons (Fsp3) is 0.435. The zero-order valence-electron chi connectivity index (χ0n) is 16.1. The number of ether oxygens (including phenoxy) is 1. The molecule has 27 heavy (non-hydrogen) atoms. The van der Waals surface area contributed by atoms with Gasteiger partial charge in [0.1, 0.15) is 5.75 Å². The van der Waals surface area contributed by atoms with Crippen molar-refractivity contribution in [2.75, 3.05) is 0 Å². The van der Waals surface area contributed by atoms with E-state index in [0.29, 0.717) is 17.2 Å². The summed E-state index contributed by atoms with van der Waals surface area (Å²) in [5, 5.41) is 3.78. The molecule has 0 unspecified atom stereocenters. The lowest BCUT2D eigenvalue weighted by Crippen LogP contribution is -2.40. The van der Waals surface area contributed by atoms with Crippen LogP contribution in [-0.2, 0) is 17.6 Å². The van der Waals surface area contributed by atoms with Gasteiger partial charge in [0, 0.05) is 5.02 Å². The third-order valence-electron chi connectivity index (χ3n) is 5.24. The Morgan fingerprint density at radius 3 is 2.56 bits per heavy atom. The highest BCUT2D eigenvalue weighted by atomic mass is 35.5. The number of benzene rings is 2. The molecule has 2 aromatic carbocycles. The van der Waals surface area contributed by atoms with Gasteiger partial charge in [-0.15, -0.1) is 0 Å². The number of hydrogen-bond acceptors (Lipinski definition) is 2. The Morgan fingerprint density at radius 1 is 1.07 bits per heavy atom. The van der Waals surface area contributed by atoms with Crippen LogP contribution in [0.15, 0.2) is 42.5 Å². The maximum absolute atomic E-state index is 12.8. The van der Waals surface area contributed by atoms with Crippen LogP contribution in [0.5, 0.6) is 5.75 Å². The van der Waals surface area contributed by atoms with E-state index in [1.165, 1.54) is 36.0 Å². The first-order valence-electron chi connectivity index (χ1n) is 9.95. The molecule has 1 aliphatic carbocycles. The molecule has 144 valence electrons. The number of fused-ring (bicyclic) bond motifs is 1. The van der Waals surface area contributed by atoms with Crippen molar-refractivity contribution in [3.05, 3.63) is 64.2 Å². The van der Waals surface area contributed by atoms with Gasteiger partial charge in [0.15, 0.2) is 6.10 Å². The van der Waals surface area contributed by atoms with Crippen molar-refractivity contribution in [3.8, 4) is 5.75 Å². The van der Waals surface area contributed by atoms with Gasteiger partial charge in [-0.05, 0) is 73.4 Å². The summed E-state index contributed by atoms with van der Waals surface area (Å²) in [5.74, 6) is 0.536. The summed E-state index contributed by atoms with van der Waals surface area (Å²) in [6, 6.07) is 13.9. The molecule has 2 atom stereocenters. The Morgan fingerprint density at radius 2 is 1.85 bits per heavy atom. The van der Waals surface area contributed by atoms with Crippen LogP contribution < -0.4 is 10.1 Å². The first kappa shape index (κ1) is 19.8. The fourth-order valence-corrected chi connectivity index (χ4v) is 3.86. The monoisotopic (exact) mass is 385 g/mol. The van der Waals surface area contributed by atoms with Crippen molar-refractivity contribution < 1.29 is 9.53 Å². The molecule has 1 N–H and O–H groups in total. The number of aryl methyl sites for hydroxylation is 2. The van der Waals surface area contributed by atoms with Crippen LogP contribution in [0.4, 0.5) is 0 Å². The summed E-state index contributed by atoms with van der Waals surface area (Å²) < 4.78 is 5.88. The second-order valence-electron chi connectivity index (χ2n) is 7.18. The van der Waals surface area contributed by atoms with E-state index in [0.717, 1.165) is 12.8 Å². The third-order valence-corrected chi connectivity index (χ3v) is 5.47. The van der Waals surface area contributed by atoms with Crippen LogP contribution in [0.2, 0.25) is 5.02 Å². The molecule has 0 aromatic heterocycles. The summed E-state index contributed by atoms with van der Waals surface area (Å²) in [6.45, 7) is 4.05. The molecule has 0 bridgehead atoms. The van der Waals surface area contributed by atoms with Crippen LogP contribution in [-0.4, -0.2) is 12.0 Å². The minimum atomic E-state index is -0.532. The van der Waals surface area contributed by atoms with Gasteiger partial charge in [0.25, 0.3) is 5.91 Å². The predicted molar refractivity (Wildman–Crippen MR) is 110 cm³/mol. The Hall–Kier alpha value is -2.00. The standard InChI is InChI=1S/C23H28ClNO2/c1-3-21(18-13-12-16-8-5-6-9-17(16)14-18)25-23(26)22(4-2)27-20-11-7-10-19(24)15-20/h7,10-15,21-22H,3-6,8-9H2,1-2H3,(H,25,26)/t21-,22+/m1/s1. The van der Waals surface area contributed by atoms with Crippen LogP contribution in [0.1, 0.15) is 62.3 Å². The molecule has 0 spiro atoms. The van der Waals surface area contributed by atoms with E-state index in [1.54, 1.807) is 12.1 Å². The molecule has 1 amide bonds. The SMILES string of the molecule is CC[C@H](Oc1cccc(Cl)c1)C(=O)N[C@H](CC)c1ccc2c(c1)CCCC2. The Bertz CT molecular complexity index is 790. The molecule has 0 saturated carbocycles.